The van der Waals surface area contributed by atoms with Crippen molar-refractivity contribution in [1.82, 2.24) is 0 Å². The first kappa shape index (κ1) is 22.2. The minimum Gasteiger partial charge on any atom is -0.459 e. The third-order valence-electron chi connectivity index (χ3n) is 7.54. The molecule has 0 N–H and O–H groups in total. The summed E-state index contributed by atoms with van der Waals surface area (Å²) in [5.74, 6) is -4.34. The van der Waals surface area contributed by atoms with Crippen LogP contribution < -0.4 is 4.90 Å². The molecule has 1 fully saturated rings. The van der Waals surface area contributed by atoms with Crippen LogP contribution in [0.2, 0.25) is 0 Å². The molecular formula is C28H22N2O6. The number of ether oxygens (including phenoxy) is 1. The summed E-state index contributed by atoms with van der Waals surface area (Å²) in [6.07, 6.45) is -0.341. The number of imide groups is 1. The number of nitro groups is 1. The van der Waals surface area contributed by atoms with Crippen LogP contribution in [0.15, 0.2) is 72.8 Å². The predicted molar refractivity (Wildman–Crippen MR) is 129 cm³/mol. The van der Waals surface area contributed by atoms with E-state index in [1.807, 2.05) is 12.1 Å². The summed E-state index contributed by atoms with van der Waals surface area (Å²) in [5.41, 5.74) is 0.813. The van der Waals surface area contributed by atoms with Gasteiger partial charge in [-0.25, -0.2) is 9.69 Å². The standard InChI is InChI=1S/C28H22N2O6/c1-15(2)36-27(33)16-8-7-9-17(14-16)29-25(31)23-22-18-10-3-5-12-20(18)28(30(34)35,24(23)26(29)32)21-13-6-4-11-19(21)22/h3-15,22-24H,1-2H3/t22?,23-,24-,28?/m0/s1. The van der Waals surface area contributed by atoms with Crippen LogP contribution in [0.4, 0.5) is 5.69 Å². The maximum Gasteiger partial charge on any atom is 0.338 e. The van der Waals surface area contributed by atoms with E-state index in [0.29, 0.717) is 22.3 Å². The smallest absolute Gasteiger partial charge is 0.338 e. The minimum atomic E-state index is -1.89. The lowest BCUT2D eigenvalue weighted by Gasteiger charge is -2.48. The molecule has 0 spiro atoms. The van der Waals surface area contributed by atoms with Gasteiger partial charge in [0.15, 0.2) is 0 Å². The zero-order valence-corrected chi connectivity index (χ0v) is 19.6. The average molecular weight is 482 g/mol. The van der Waals surface area contributed by atoms with Crippen LogP contribution in [0.3, 0.4) is 0 Å². The fourth-order valence-electron chi connectivity index (χ4n) is 6.35. The SMILES string of the molecule is CC(C)OC(=O)c1cccc(N2C(=O)[C@@H]3[C@@H](C2=O)C2c4ccccc4C3([N+](=O)[O-])c3ccccc32)c1. The number of hydrogen-bond donors (Lipinski definition) is 0. The van der Waals surface area contributed by atoms with Gasteiger partial charge in [0.05, 0.1) is 23.3 Å². The number of anilines is 1. The molecule has 3 aliphatic carbocycles. The lowest BCUT2D eigenvalue weighted by molar-refractivity contribution is -0.578. The first-order valence-electron chi connectivity index (χ1n) is 11.8. The zero-order valence-electron chi connectivity index (χ0n) is 19.6. The Bertz CT molecular complexity index is 1430. The van der Waals surface area contributed by atoms with Crippen LogP contribution in [0.5, 0.6) is 0 Å². The normalized spacial score (nSPS) is 25.4. The Balaban J connectivity index is 1.55. The van der Waals surface area contributed by atoms with Gasteiger partial charge in [0.2, 0.25) is 11.8 Å². The Labute approximate surface area is 206 Å². The van der Waals surface area contributed by atoms with Crippen molar-refractivity contribution in [3.8, 4) is 0 Å². The summed E-state index contributed by atoms with van der Waals surface area (Å²) in [7, 11) is 0. The fourth-order valence-corrected chi connectivity index (χ4v) is 6.35. The van der Waals surface area contributed by atoms with Crippen molar-refractivity contribution in [2.24, 2.45) is 11.8 Å². The van der Waals surface area contributed by atoms with E-state index >= 15 is 0 Å². The summed E-state index contributed by atoms with van der Waals surface area (Å²) in [6.45, 7) is 3.45. The number of nitrogens with zero attached hydrogens (tertiary/aromatic N) is 2. The summed E-state index contributed by atoms with van der Waals surface area (Å²) in [5, 5.41) is 13.0. The highest BCUT2D eigenvalue weighted by Crippen LogP contribution is 2.64. The van der Waals surface area contributed by atoms with Gasteiger partial charge in [0.25, 0.3) is 5.54 Å². The molecule has 1 saturated heterocycles. The second-order valence-electron chi connectivity index (χ2n) is 9.70. The van der Waals surface area contributed by atoms with E-state index in [1.54, 1.807) is 68.4 Å². The maximum absolute atomic E-state index is 14.0. The minimum absolute atomic E-state index is 0.190. The van der Waals surface area contributed by atoms with Crippen molar-refractivity contribution in [2.45, 2.75) is 31.4 Å². The number of hydrogen-bond acceptors (Lipinski definition) is 6. The molecule has 3 aromatic carbocycles. The second kappa shape index (κ2) is 7.58. The van der Waals surface area contributed by atoms with Crippen LogP contribution in [0.1, 0.15) is 52.4 Å². The summed E-state index contributed by atoms with van der Waals surface area (Å²) in [6, 6.07) is 20.2. The van der Waals surface area contributed by atoms with Gasteiger partial charge in [-0.2, -0.15) is 0 Å². The summed E-state index contributed by atoms with van der Waals surface area (Å²) >= 11 is 0. The van der Waals surface area contributed by atoms with Crippen LogP contribution in [-0.4, -0.2) is 28.8 Å². The van der Waals surface area contributed by atoms with Crippen molar-refractivity contribution < 1.29 is 24.0 Å². The van der Waals surface area contributed by atoms with Gasteiger partial charge in [-0.1, -0.05) is 54.6 Å². The van der Waals surface area contributed by atoms with Crippen molar-refractivity contribution in [3.63, 3.8) is 0 Å². The molecule has 0 aromatic heterocycles. The van der Waals surface area contributed by atoms with Crippen LogP contribution >= 0.6 is 0 Å². The molecule has 2 atom stereocenters. The van der Waals surface area contributed by atoms with Gasteiger partial charge in [-0.15, -0.1) is 0 Å². The van der Waals surface area contributed by atoms with Crippen LogP contribution in [0, 0.1) is 22.0 Å². The Hall–Kier alpha value is -4.33. The Kier molecular flexibility index (Phi) is 4.67. The summed E-state index contributed by atoms with van der Waals surface area (Å²) in [4.78, 5) is 54.1. The van der Waals surface area contributed by atoms with Crippen LogP contribution in [-0.2, 0) is 19.9 Å². The molecule has 1 aliphatic heterocycles. The van der Waals surface area contributed by atoms with Crippen LogP contribution in [0.25, 0.3) is 0 Å². The molecular weight excluding hydrogens is 460 g/mol. The third kappa shape index (κ3) is 2.66. The van der Waals surface area contributed by atoms with Gasteiger partial charge in [-0.05, 0) is 43.2 Å². The highest BCUT2D eigenvalue weighted by Gasteiger charge is 2.74. The van der Waals surface area contributed by atoms with Crippen molar-refractivity contribution in [3.05, 3.63) is 111 Å². The lowest BCUT2D eigenvalue weighted by Crippen LogP contribution is -2.57. The zero-order chi connectivity index (χ0) is 25.4. The second-order valence-corrected chi connectivity index (χ2v) is 9.70. The van der Waals surface area contributed by atoms with E-state index < -0.39 is 46.0 Å². The molecule has 180 valence electrons. The van der Waals surface area contributed by atoms with E-state index in [-0.39, 0.29) is 17.4 Å². The highest BCUT2D eigenvalue weighted by molar-refractivity contribution is 6.23. The number of rotatable bonds is 4. The Morgan fingerprint density at radius 1 is 0.944 bits per heavy atom. The van der Waals surface area contributed by atoms with E-state index in [2.05, 4.69) is 0 Å². The summed E-state index contributed by atoms with van der Waals surface area (Å²) < 4.78 is 5.26. The van der Waals surface area contributed by atoms with Crippen molar-refractivity contribution >= 4 is 23.5 Å². The largest absolute Gasteiger partial charge is 0.459 e. The highest BCUT2D eigenvalue weighted by atomic mass is 16.6. The monoisotopic (exact) mass is 482 g/mol. The molecule has 2 bridgehead atoms. The molecule has 0 radical (unpaired) electrons. The molecule has 8 nitrogen and oxygen atoms in total. The van der Waals surface area contributed by atoms with Crippen molar-refractivity contribution in [1.29, 1.82) is 0 Å². The average Bonchev–Trinajstić information content (AvgIpc) is 3.14. The van der Waals surface area contributed by atoms with E-state index in [0.717, 1.165) is 4.90 Å². The molecule has 36 heavy (non-hydrogen) atoms. The van der Waals surface area contributed by atoms with Gasteiger partial charge < -0.3 is 4.74 Å². The number of esters is 1. The van der Waals surface area contributed by atoms with Gasteiger partial charge >= 0.3 is 5.97 Å². The van der Waals surface area contributed by atoms with Gasteiger partial charge in [0.1, 0.15) is 5.92 Å². The number of benzene rings is 3. The molecule has 4 aliphatic rings. The Morgan fingerprint density at radius 2 is 1.56 bits per heavy atom. The first-order chi connectivity index (χ1) is 17.3. The van der Waals surface area contributed by atoms with Gasteiger partial charge in [0, 0.05) is 22.0 Å². The topological polar surface area (TPSA) is 107 Å². The molecule has 0 unspecified atom stereocenters. The van der Waals surface area contributed by atoms with E-state index in [9.17, 15) is 24.5 Å². The molecule has 0 saturated carbocycles. The molecule has 2 amide bonds. The molecule has 8 heteroatoms. The molecule has 3 aromatic rings. The molecule has 7 rings (SSSR count). The number of amides is 2. The molecule has 1 heterocycles. The number of carbonyl (C=O) groups is 3. The maximum atomic E-state index is 14.0. The van der Waals surface area contributed by atoms with E-state index in [4.69, 9.17) is 4.74 Å². The fraction of sp³-hybridized carbons (Fsp3) is 0.250. The van der Waals surface area contributed by atoms with E-state index in [1.165, 1.54) is 6.07 Å². The number of carbonyl (C=O) groups excluding carboxylic acids is 3. The lowest BCUT2D eigenvalue weighted by atomic mass is 9.51. The predicted octanol–water partition coefficient (Wildman–Crippen LogP) is 4.04. The third-order valence-corrected chi connectivity index (χ3v) is 7.54. The Morgan fingerprint density at radius 3 is 2.14 bits per heavy atom. The first-order valence-corrected chi connectivity index (χ1v) is 11.8. The van der Waals surface area contributed by atoms with Gasteiger partial charge in [-0.3, -0.25) is 19.7 Å². The quantitative estimate of drug-likeness (QED) is 0.240. The van der Waals surface area contributed by atoms with Crippen molar-refractivity contribution in [2.75, 3.05) is 4.90 Å².